The van der Waals surface area contributed by atoms with Gasteiger partial charge in [0.05, 0.1) is 11.7 Å². The second-order valence-electron chi connectivity index (χ2n) is 6.06. The van der Waals surface area contributed by atoms with Crippen molar-refractivity contribution in [1.82, 2.24) is 14.9 Å². The van der Waals surface area contributed by atoms with Gasteiger partial charge in [-0.3, -0.25) is 4.90 Å². The van der Waals surface area contributed by atoms with Crippen molar-refractivity contribution >= 4 is 39.4 Å². The molecular formula is C18H19ClN4S2. The van der Waals surface area contributed by atoms with Crippen LogP contribution in [0.1, 0.15) is 18.0 Å². The van der Waals surface area contributed by atoms with Gasteiger partial charge in [-0.25, -0.2) is 9.97 Å². The van der Waals surface area contributed by atoms with Gasteiger partial charge in [0.1, 0.15) is 5.01 Å². The molecule has 1 saturated heterocycles. The van der Waals surface area contributed by atoms with E-state index in [1.54, 1.807) is 22.7 Å². The molecule has 4 rings (SSSR count). The molecule has 7 heteroatoms. The Morgan fingerprint density at radius 2 is 1.92 bits per heavy atom. The fourth-order valence-electron chi connectivity index (χ4n) is 3.10. The van der Waals surface area contributed by atoms with Crippen molar-refractivity contribution in [2.45, 2.75) is 13.0 Å². The highest BCUT2D eigenvalue weighted by Crippen LogP contribution is 2.32. The van der Waals surface area contributed by atoms with Gasteiger partial charge in [-0.2, -0.15) is 0 Å². The molecule has 1 aliphatic heterocycles. The first kappa shape index (κ1) is 17.0. The molecule has 1 fully saturated rings. The van der Waals surface area contributed by atoms with Crippen LogP contribution < -0.4 is 4.90 Å². The van der Waals surface area contributed by atoms with Gasteiger partial charge in [0.25, 0.3) is 0 Å². The standard InChI is InChI=1S/C18H19ClN4S2/c1-13(17-20-6-11-24-17)22-7-9-23(10-8-22)18-21-16(12-25-18)14-4-2-3-5-15(14)19/h2-6,11-13H,7-10H2,1H3. The first-order chi connectivity index (χ1) is 12.2. The Kier molecular flexibility index (Phi) is 5.03. The Morgan fingerprint density at radius 3 is 2.64 bits per heavy atom. The highest BCUT2D eigenvalue weighted by Gasteiger charge is 2.24. The highest BCUT2D eigenvalue weighted by molar-refractivity contribution is 7.14. The van der Waals surface area contributed by atoms with E-state index in [0.29, 0.717) is 6.04 Å². The molecule has 0 bridgehead atoms. The number of piperazine rings is 1. The van der Waals surface area contributed by atoms with E-state index in [0.717, 1.165) is 47.6 Å². The SMILES string of the molecule is CC(c1nccs1)N1CCN(c2nc(-c3ccccc3Cl)cs2)CC1. The van der Waals surface area contributed by atoms with Crippen LogP contribution in [0.5, 0.6) is 0 Å². The molecule has 0 aliphatic carbocycles. The number of hydrogen-bond acceptors (Lipinski definition) is 6. The fourth-order valence-corrected chi connectivity index (χ4v) is 4.94. The Labute approximate surface area is 160 Å². The molecule has 0 spiro atoms. The van der Waals surface area contributed by atoms with Crippen LogP contribution in [0.25, 0.3) is 11.3 Å². The lowest BCUT2D eigenvalue weighted by Gasteiger charge is -2.37. The third-order valence-electron chi connectivity index (χ3n) is 4.58. The van der Waals surface area contributed by atoms with Crippen molar-refractivity contribution in [3.63, 3.8) is 0 Å². The summed E-state index contributed by atoms with van der Waals surface area (Å²) < 4.78 is 0. The molecule has 2 aromatic heterocycles. The molecule has 0 saturated carbocycles. The molecule has 0 amide bonds. The Hall–Kier alpha value is -1.47. The van der Waals surface area contributed by atoms with Crippen molar-refractivity contribution in [2.24, 2.45) is 0 Å². The number of anilines is 1. The van der Waals surface area contributed by atoms with Crippen LogP contribution in [0.15, 0.2) is 41.2 Å². The summed E-state index contributed by atoms with van der Waals surface area (Å²) in [6.07, 6.45) is 1.89. The van der Waals surface area contributed by atoms with Crippen LogP contribution in [-0.4, -0.2) is 41.0 Å². The first-order valence-corrected chi connectivity index (χ1v) is 10.4. The highest BCUT2D eigenvalue weighted by atomic mass is 35.5. The third kappa shape index (κ3) is 3.58. The van der Waals surface area contributed by atoms with E-state index >= 15 is 0 Å². The molecule has 4 nitrogen and oxygen atoms in total. The number of aromatic nitrogens is 2. The van der Waals surface area contributed by atoms with Gasteiger partial charge in [0, 0.05) is 53.7 Å². The normalized spacial score (nSPS) is 17.0. The van der Waals surface area contributed by atoms with E-state index in [4.69, 9.17) is 16.6 Å². The van der Waals surface area contributed by atoms with Crippen molar-refractivity contribution in [1.29, 1.82) is 0 Å². The minimum absolute atomic E-state index is 0.386. The number of benzene rings is 1. The quantitative estimate of drug-likeness (QED) is 0.640. The van der Waals surface area contributed by atoms with E-state index < -0.39 is 0 Å². The van der Waals surface area contributed by atoms with Gasteiger partial charge in [-0.15, -0.1) is 22.7 Å². The average molecular weight is 391 g/mol. The van der Waals surface area contributed by atoms with E-state index in [9.17, 15) is 0 Å². The van der Waals surface area contributed by atoms with Crippen LogP contribution in [0, 0.1) is 0 Å². The zero-order valence-corrected chi connectivity index (χ0v) is 16.3. The van der Waals surface area contributed by atoms with Crippen molar-refractivity contribution in [2.75, 3.05) is 31.1 Å². The number of thiazole rings is 2. The maximum absolute atomic E-state index is 6.30. The van der Waals surface area contributed by atoms with Gasteiger partial charge in [0.15, 0.2) is 5.13 Å². The molecule has 25 heavy (non-hydrogen) atoms. The largest absolute Gasteiger partial charge is 0.346 e. The second kappa shape index (κ2) is 7.41. The van der Waals surface area contributed by atoms with Gasteiger partial charge in [0.2, 0.25) is 0 Å². The molecule has 0 radical (unpaired) electrons. The zero-order valence-electron chi connectivity index (χ0n) is 13.9. The Bertz CT molecular complexity index is 825. The molecule has 0 N–H and O–H groups in total. The van der Waals surface area contributed by atoms with Gasteiger partial charge in [-0.05, 0) is 13.0 Å². The molecule has 1 atom stereocenters. The summed E-state index contributed by atoms with van der Waals surface area (Å²) in [5.74, 6) is 0. The Balaban J connectivity index is 1.42. The van der Waals surface area contributed by atoms with Crippen LogP contribution >= 0.6 is 34.3 Å². The molecule has 3 heterocycles. The van der Waals surface area contributed by atoms with Crippen LogP contribution in [-0.2, 0) is 0 Å². The summed E-state index contributed by atoms with van der Waals surface area (Å²) in [7, 11) is 0. The summed E-state index contributed by atoms with van der Waals surface area (Å²) in [4.78, 5) is 14.1. The zero-order chi connectivity index (χ0) is 17.2. The molecule has 130 valence electrons. The fraction of sp³-hybridized carbons (Fsp3) is 0.333. The van der Waals surface area contributed by atoms with E-state index in [2.05, 4.69) is 27.1 Å². The average Bonchev–Trinajstić information content (AvgIpc) is 3.34. The second-order valence-corrected chi connectivity index (χ2v) is 8.23. The number of nitrogens with zero attached hydrogens (tertiary/aromatic N) is 4. The van der Waals surface area contributed by atoms with E-state index in [-0.39, 0.29) is 0 Å². The van der Waals surface area contributed by atoms with Crippen LogP contribution in [0.3, 0.4) is 0 Å². The lowest BCUT2D eigenvalue weighted by molar-refractivity contribution is 0.198. The first-order valence-electron chi connectivity index (χ1n) is 8.31. The molecule has 3 aromatic rings. The van der Waals surface area contributed by atoms with E-state index in [1.165, 1.54) is 5.01 Å². The van der Waals surface area contributed by atoms with Gasteiger partial charge in [-0.1, -0.05) is 29.8 Å². The van der Waals surface area contributed by atoms with Gasteiger partial charge < -0.3 is 4.90 Å². The summed E-state index contributed by atoms with van der Waals surface area (Å²) in [5.41, 5.74) is 1.96. The lowest BCUT2D eigenvalue weighted by atomic mass is 10.2. The summed E-state index contributed by atoms with van der Waals surface area (Å²) >= 11 is 9.73. The number of rotatable bonds is 4. The van der Waals surface area contributed by atoms with Crippen molar-refractivity contribution < 1.29 is 0 Å². The predicted molar refractivity (Wildman–Crippen MR) is 107 cm³/mol. The van der Waals surface area contributed by atoms with Crippen LogP contribution in [0.2, 0.25) is 5.02 Å². The maximum atomic E-state index is 6.30. The maximum Gasteiger partial charge on any atom is 0.185 e. The third-order valence-corrected chi connectivity index (χ3v) is 6.76. The van der Waals surface area contributed by atoms with Crippen LogP contribution in [0.4, 0.5) is 5.13 Å². The smallest absolute Gasteiger partial charge is 0.185 e. The molecule has 1 aliphatic rings. The summed E-state index contributed by atoms with van der Waals surface area (Å²) in [5, 5.41) is 7.18. The lowest BCUT2D eigenvalue weighted by Crippen LogP contribution is -2.47. The molecule has 1 unspecified atom stereocenters. The predicted octanol–water partition coefficient (Wildman–Crippen LogP) is 4.80. The Morgan fingerprint density at radius 1 is 1.12 bits per heavy atom. The minimum atomic E-state index is 0.386. The molecule has 1 aromatic carbocycles. The number of halogens is 1. The summed E-state index contributed by atoms with van der Waals surface area (Å²) in [6.45, 7) is 6.28. The summed E-state index contributed by atoms with van der Waals surface area (Å²) in [6, 6.07) is 8.27. The van der Waals surface area contributed by atoms with Crippen molar-refractivity contribution in [3.05, 3.63) is 51.3 Å². The monoisotopic (exact) mass is 390 g/mol. The van der Waals surface area contributed by atoms with E-state index in [1.807, 2.05) is 35.8 Å². The minimum Gasteiger partial charge on any atom is -0.346 e. The molecular weight excluding hydrogens is 372 g/mol. The van der Waals surface area contributed by atoms with Crippen molar-refractivity contribution in [3.8, 4) is 11.3 Å². The number of hydrogen-bond donors (Lipinski definition) is 0. The topological polar surface area (TPSA) is 32.3 Å². The van der Waals surface area contributed by atoms with Gasteiger partial charge >= 0.3 is 0 Å².